The van der Waals surface area contributed by atoms with E-state index in [0.29, 0.717) is 12.5 Å². The lowest BCUT2D eigenvalue weighted by atomic mass is 9.68. The van der Waals surface area contributed by atoms with Crippen molar-refractivity contribution in [1.29, 1.82) is 0 Å². The molecule has 4 rings (SSSR count). The summed E-state index contributed by atoms with van der Waals surface area (Å²) in [4.78, 5) is 47.9. The number of carbonyl (C=O) groups is 3. The lowest BCUT2D eigenvalue weighted by Crippen LogP contribution is -2.56. The summed E-state index contributed by atoms with van der Waals surface area (Å²) in [6.07, 6.45) is 7.37. The largest absolute Gasteiger partial charge is 0.347 e. The van der Waals surface area contributed by atoms with Crippen molar-refractivity contribution in [3.8, 4) is 0 Å². The van der Waals surface area contributed by atoms with Crippen molar-refractivity contribution < 1.29 is 14.4 Å². The van der Waals surface area contributed by atoms with Crippen molar-refractivity contribution in [2.75, 3.05) is 61.4 Å². The van der Waals surface area contributed by atoms with E-state index in [1.807, 2.05) is 0 Å². The van der Waals surface area contributed by atoms with Crippen LogP contribution in [0.15, 0.2) is 30.3 Å². The number of nitrogens with zero attached hydrogens (tertiary/aromatic N) is 5. The fraction of sp³-hybridized carbons (Fsp3) is 0.679. The molecule has 4 amide bonds. The minimum Gasteiger partial charge on any atom is -0.347 e. The van der Waals surface area contributed by atoms with Crippen LogP contribution in [0, 0.1) is 5.92 Å². The number of likely N-dealkylation sites (N-methyl/N-ethyl adjacent to an activating group) is 2. The predicted molar refractivity (Wildman–Crippen MR) is 140 cm³/mol. The van der Waals surface area contributed by atoms with Crippen LogP contribution in [0.25, 0.3) is 0 Å². The Morgan fingerprint density at radius 1 is 0.944 bits per heavy atom. The van der Waals surface area contributed by atoms with Gasteiger partial charge in [-0.3, -0.25) is 14.5 Å². The molecule has 1 aromatic carbocycles. The molecule has 3 aliphatic rings. The molecule has 36 heavy (non-hydrogen) atoms. The van der Waals surface area contributed by atoms with Gasteiger partial charge in [0.2, 0.25) is 11.8 Å². The van der Waals surface area contributed by atoms with Crippen LogP contribution in [-0.2, 0) is 15.1 Å². The summed E-state index contributed by atoms with van der Waals surface area (Å²) in [5.41, 5.74) is 1.05. The van der Waals surface area contributed by atoms with Crippen LogP contribution >= 0.6 is 0 Å². The highest BCUT2D eigenvalue weighted by molar-refractivity contribution is 5.88. The monoisotopic (exact) mass is 497 g/mol. The molecule has 1 aliphatic heterocycles. The first-order valence-corrected chi connectivity index (χ1v) is 13.3. The highest BCUT2D eigenvalue weighted by Gasteiger charge is 2.55. The second kappa shape index (κ2) is 10.4. The Labute approximate surface area is 216 Å². The number of hydrogen-bond donors (Lipinski definition) is 0. The lowest BCUT2D eigenvalue weighted by molar-refractivity contribution is -0.138. The summed E-state index contributed by atoms with van der Waals surface area (Å²) < 4.78 is 0. The topological polar surface area (TPSA) is 67.4 Å². The molecule has 2 aliphatic carbocycles. The zero-order chi connectivity index (χ0) is 26.1. The molecule has 0 aromatic heterocycles. The molecule has 3 fully saturated rings. The van der Waals surface area contributed by atoms with Crippen molar-refractivity contribution in [3.05, 3.63) is 35.9 Å². The number of amides is 4. The summed E-state index contributed by atoms with van der Waals surface area (Å²) in [6.45, 7) is 1.42. The van der Waals surface area contributed by atoms with E-state index >= 15 is 0 Å². The van der Waals surface area contributed by atoms with E-state index in [4.69, 9.17) is 0 Å². The maximum atomic E-state index is 13.7. The van der Waals surface area contributed by atoms with Gasteiger partial charge in [0.05, 0.1) is 12.1 Å². The molecular weight excluding hydrogens is 454 g/mol. The average molecular weight is 498 g/mol. The minimum absolute atomic E-state index is 0.0142. The quantitative estimate of drug-likeness (QED) is 0.554. The predicted octanol–water partition coefficient (Wildman–Crippen LogP) is 2.84. The Balaban J connectivity index is 1.52. The molecule has 8 nitrogen and oxygen atoms in total. The minimum atomic E-state index is -0.237. The van der Waals surface area contributed by atoms with Gasteiger partial charge >= 0.3 is 6.03 Å². The zero-order valence-corrected chi connectivity index (χ0v) is 22.7. The van der Waals surface area contributed by atoms with Crippen LogP contribution in [0.3, 0.4) is 0 Å². The molecule has 1 aromatic rings. The summed E-state index contributed by atoms with van der Waals surface area (Å²) >= 11 is 0. The molecule has 1 saturated heterocycles. The third kappa shape index (κ3) is 4.97. The van der Waals surface area contributed by atoms with Gasteiger partial charge in [0.25, 0.3) is 0 Å². The third-order valence-corrected chi connectivity index (χ3v) is 9.02. The van der Waals surface area contributed by atoms with Crippen molar-refractivity contribution in [2.45, 2.75) is 56.0 Å². The van der Waals surface area contributed by atoms with Gasteiger partial charge in [-0.2, -0.15) is 0 Å². The van der Waals surface area contributed by atoms with Crippen molar-refractivity contribution in [1.82, 2.24) is 24.5 Å². The molecule has 198 valence electrons. The van der Waals surface area contributed by atoms with Gasteiger partial charge in [-0.25, -0.2) is 4.79 Å². The van der Waals surface area contributed by atoms with Gasteiger partial charge in [0.15, 0.2) is 0 Å². The molecule has 2 saturated carbocycles. The molecule has 0 unspecified atom stereocenters. The first-order chi connectivity index (χ1) is 17.1. The maximum Gasteiger partial charge on any atom is 0.321 e. The highest BCUT2D eigenvalue weighted by Crippen LogP contribution is 2.49. The van der Waals surface area contributed by atoms with E-state index in [1.54, 1.807) is 26.0 Å². The molecule has 1 spiro atoms. The molecule has 0 N–H and O–H groups in total. The molecule has 0 bridgehead atoms. The first kappa shape index (κ1) is 26.5. The summed E-state index contributed by atoms with van der Waals surface area (Å²) in [5, 5.41) is 0. The fourth-order valence-corrected chi connectivity index (χ4v) is 6.23. The SMILES string of the molecule is CN(C)C(=O)CN(C)C(=O)CN1CC2(CCC(c3ccccc3)(N(C)C)CC2)N(CC2CCC2)C1=O. The second-order valence-electron chi connectivity index (χ2n) is 11.6. The van der Waals surface area contributed by atoms with Gasteiger partial charge in [-0.05, 0) is 64.1 Å². The maximum absolute atomic E-state index is 13.7. The molecule has 8 heteroatoms. The van der Waals surface area contributed by atoms with Crippen LogP contribution < -0.4 is 0 Å². The number of carbonyl (C=O) groups excluding carboxylic acids is 3. The molecule has 0 radical (unpaired) electrons. The van der Waals surface area contributed by atoms with E-state index in [1.165, 1.54) is 34.6 Å². The fourth-order valence-electron chi connectivity index (χ4n) is 6.23. The van der Waals surface area contributed by atoms with Crippen LogP contribution in [0.4, 0.5) is 4.79 Å². The Kier molecular flexibility index (Phi) is 7.64. The second-order valence-corrected chi connectivity index (χ2v) is 11.6. The van der Waals surface area contributed by atoms with Gasteiger partial charge in [0.1, 0.15) is 6.54 Å². The van der Waals surface area contributed by atoms with Crippen molar-refractivity contribution in [2.24, 2.45) is 5.92 Å². The summed E-state index contributed by atoms with van der Waals surface area (Å²) in [7, 11) is 9.32. The normalized spacial score (nSPS) is 26.4. The zero-order valence-electron chi connectivity index (χ0n) is 22.7. The Bertz CT molecular complexity index is 951. The Morgan fingerprint density at radius 3 is 2.11 bits per heavy atom. The van der Waals surface area contributed by atoms with Gasteiger partial charge < -0.3 is 19.6 Å². The van der Waals surface area contributed by atoms with E-state index in [2.05, 4.69) is 54.2 Å². The standard InChI is InChI=1S/C28H43N5O3/c1-29(2)24(34)19-31(5)25(35)20-32-21-27(33(26(32)36)18-22-10-9-11-22)14-16-28(17-15-27,30(3)4)23-12-7-6-8-13-23/h6-8,12-13,22H,9-11,14-21H2,1-5H3. The number of rotatable bonds is 8. The lowest BCUT2D eigenvalue weighted by Gasteiger charge is -2.51. The van der Waals surface area contributed by atoms with Crippen LogP contribution in [-0.4, -0.2) is 109 Å². The smallest absolute Gasteiger partial charge is 0.321 e. The van der Waals surface area contributed by atoms with Gasteiger partial charge in [-0.15, -0.1) is 0 Å². The molecule has 0 atom stereocenters. The molecular formula is C28H43N5O3. The molecule has 1 heterocycles. The Morgan fingerprint density at radius 2 is 1.58 bits per heavy atom. The van der Waals surface area contributed by atoms with Gasteiger partial charge in [0, 0.05) is 39.8 Å². The van der Waals surface area contributed by atoms with Crippen molar-refractivity contribution >= 4 is 17.8 Å². The number of hydrogen-bond acceptors (Lipinski definition) is 4. The van der Waals surface area contributed by atoms with Gasteiger partial charge in [-0.1, -0.05) is 36.8 Å². The number of urea groups is 1. The van der Waals surface area contributed by atoms with E-state index in [0.717, 1.165) is 32.2 Å². The third-order valence-electron chi connectivity index (χ3n) is 9.02. The number of benzene rings is 1. The van der Waals surface area contributed by atoms with E-state index in [-0.39, 0.29) is 42.0 Å². The summed E-state index contributed by atoms with van der Waals surface area (Å²) in [6, 6.07) is 10.7. The van der Waals surface area contributed by atoms with Crippen LogP contribution in [0.2, 0.25) is 0 Å². The first-order valence-electron chi connectivity index (χ1n) is 13.3. The Hall–Kier alpha value is -2.61. The van der Waals surface area contributed by atoms with E-state index < -0.39 is 0 Å². The van der Waals surface area contributed by atoms with Crippen molar-refractivity contribution in [3.63, 3.8) is 0 Å². The van der Waals surface area contributed by atoms with Crippen LogP contribution in [0.5, 0.6) is 0 Å². The van der Waals surface area contributed by atoms with Crippen LogP contribution in [0.1, 0.15) is 50.5 Å². The highest BCUT2D eigenvalue weighted by atomic mass is 16.2. The summed E-state index contributed by atoms with van der Waals surface area (Å²) in [5.74, 6) is 0.244. The van der Waals surface area contributed by atoms with E-state index in [9.17, 15) is 14.4 Å². The average Bonchev–Trinajstić information content (AvgIpc) is 3.07.